The predicted octanol–water partition coefficient (Wildman–Crippen LogP) is -0.570. The predicted molar refractivity (Wildman–Crippen MR) is 38.2 cm³/mol. The molecule has 1 saturated heterocycles. The Morgan fingerprint density at radius 2 is 1.75 bits per heavy atom. The smallest absolute Gasteiger partial charge is 0.167 e. The Hall–Kier alpha value is 0.137. The summed E-state index contributed by atoms with van der Waals surface area (Å²) in [5.41, 5.74) is 0. The highest BCUT2D eigenvalue weighted by Crippen LogP contribution is 2.05. The second kappa shape index (κ2) is 3.22. The monoisotopic (exact) mass is 130 g/mol. The molecule has 1 aliphatic heterocycles. The van der Waals surface area contributed by atoms with Crippen LogP contribution in [0.5, 0.6) is 0 Å². The lowest BCUT2D eigenvalue weighted by Gasteiger charge is -2.23. The molecule has 2 N–H and O–H groups in total. The third kappa shape index (κ3) is 1.58. The molecule has 0 aromatic heterocycles. The van der Waals surface area contributed by atoms with Crippen molar-refractivity contribution >= 4 is 9.84 Å². The summed E-state index contributed by atoms with van der Waals surface area (Å²) in [6, 6.07) is 0. The fourth-order valence-corrected chi connectivity index (χ4v) is 1.95. The van der Waals surface area contributed by atoms with Gasteiger partial charge in [-0.15, -0.1) is 0 Å². The van der Waals surface area contributed by atoms with Gasteiger partial charge in [0.25, 0.3) is 0 Å². The van der Waals surface area contributed by atoms with Gasteiger partial charge < -0.3 is 9.96 Å². The van der Waals surface area contributed by atoms with Gasteiger partial charge in [-0.05, 0) is 25.9 Å². The van der Waals surface area contributed by atoms with E-state index in [1.807, 2.05) is 0 Å². The van der Waals surface area contributed by atoms with Crippen molar-refractivity contribution in [2.75, 3.05) is 13.1 Å². The van der Waals surface area contributed by atoms with Gasteiger partial charge in [0.15, 0.2) is 9.84 Å². The number of nitrogens with zero attached hydrogens (tertiary/aromatic N) is 1. The van der Waals surface area contributed by atoms with Crippen molar-refractivity contribution in [3.8, 4) is 0 Å². The third-order valence-electron chi connectivity index (χ3n) is 1.71. The van der Waals surface area contributed by atoms with Gasteiger partial charge in [0.1, 0.15) is 0 Å². The highest BCUT2D eigenvalue weighted by molar-refractivity contribution is 6.27. The van der Waals surface area contributed by atoms with Crippen molar-refractivity contribution in [2.45, 2.75) is 19.3 Å². The van der Waals surface area contributed by atoms with Crippen molar-refractivity contribution in [2.24, 2.45) is 5.40 Å². The lowest BCUT2D eigenvalue weighted by atomic mass is 10.2. The fraction of sp³-hybridized carbons (Fsp3) is 1.00. The molecule has 0 bridgehead atoms. The van der Waals surface area contributed by atoms with Crippen LogP contribution in [0.25, 0.3) is 0 Å². The molecule has 0 spiro atoms. The summed E-state index contributed by atoms with van der Waals surface area (Å²) in [6.45, 7) is 2.56. The zero-order chi connectivity index (χ0) is 5.82. The van der Waals surface area contributed by atoms with Gasteiger partial charge in [-0.3, -0.25) is 0 Å². The molecule has 0 amide bonds. The van der Waals surface area contributed by atoms with E-state index in [2.05, 4.69) is 4.57 Å². The molecular weight excluding hydrogens is 116 g/mol. The van der Waals surface area contributed by atoms with Crippen LogP contribution in [0.4, 0.5) is 0 Å². The summed E-state index contributed by atoms with van der Waals surface area (Å²) in [4.78, 5) is 0. The molecular formula is C5H14N2Si. The summed E-state index contributed by atoms with van der Waals surface area (Å²) in [5, 5.41) is 5.57. The zero-order valence-corrected chi connectivity index (χ0v) is 6.68. The van der Waals surface area contributed by atoms with E-state index in [0.29, 0.717) is 0 Å². The Morgan fingerprint density at radius 3 is 2.12 bits per heavy atom. The Kier molecular flexibility index (Phi) is 2.52. The maximum Gasteiger partial charge on any atom is 0.167 e. The van der Waals surface area contributed by atoms with Crippen LogP contribution in [0.15, 0.2) is 0 Å². The van der Waals surface area contributed by atoms with E-state index >= 15 is 0 Å². The fourth-order valence-electron chi connectivity index (χ4n) is 1.14. The summed E-state index contributed by atoms with van der Waals surface area (Å²) in [6.07, 6.45) is 4.18. The highest BCUT2D eigenvalue weighted by Gasteiger charge is 2.06. The summed E-state index contributed by atoms with van der Waals surface area (Å²) >= 11 is 0. The molecule has 0 unspecified atom stereocenters. The second-order valence-electron chi connectivity index (χ2n) is 2.36. The first kappa shape index (κ1) is 6.26. The van der Waals surface area contributed by atoms with E-state index in [0.717, 1.165) is 0 Å². The minimum atomic E-state index is -0.298. The van der Waals surface area contributed by atoms with Crippen LogP contribution in [-0.4, -0.2) is 27.5 Å². The van der Waals surface area contributed by atoms with Crippen molar-refractivity contribution in [1.29, 1.82) is 0 Å². The van der Waals surface area contributed by atoms with E-state index in [1.165, 1.54) is 32.4 Å². The molecule has 0 aromatic rings. The quantitative estimate of drug-likeness (QED) is 0.482. The van der Waals surface area contributed by atoms with Gasteiger partial charge in [-0.25, -0.2) is 0 Å². The highest BCUT2D eigenvalue weighted by atomic mass is 28.2. The van der Waals surface area contributed by atoms with Crippen LogP contribution in [-0.2, 0) is 0 Å². The lowest BCUT2D eigenvalue weighted by molar-refractivity contribution is 0.360. The Morgan fingerprint density at radius 1 is 1.12 bits per heavy atom. The zero-order valence-electron chi connectivity index (χ0n) is 5.27. The van der Waals surface area contributed by atoms with E-state index in [4.69, 9.17) is 5.40 Å². The summed E-state index contributed by atoms with van der Waals surface area (Å²) in [5.74, 6) is 0. The average Bonchev–Trinajstić information content (AvgIpc) is 1.90. The van der Waals surface area contributed by atoms with Crippen LogP contribution >= 0.6 is 0 Å². The molecule has 2 nitrogen and oxygen atoms in total. The van der Waals surface area contributed by atoms with E-state index in [1.54, 1.807) is 0 Å². The first-order chi connectivity index (χ1) is 3.93. The molecule has 8 heavy (non-hydrogen) atoms. The molecule has 0 aromatic carbocycles. The van der Waals surface area contributed by atoms with Gasteiger partial charge in [0.05, 0.1) is 0 Å². The van der Waals surface area contributed by atoms with E-state index in [-0.39, 0.29) is 9.84 Å². The molecule has 1 aliphatic rings. The average molecular weight is 130 g/mol. The molecule has 0 aliphatic carbocycles. The largest absolute Gasteiger partial charge is 0.344 e. The first-order valence-electron chi connectivity index (χ1n) is 3.36. The van der Waals surface area contributed by atoms with Gasteiger partial charge in [0, 0.05) is 0 Å². The maximum absolute atomic E-state index is 5.57. The van der Waals surface area contributed by atoms with Crippen molar-refractivity contribution < 1.29 is 0 Å². The van der Waals surface area contributed by atoms with Crippen molar-refractivity contribution in [3.63, 3.8) is 0 Å². The Bertz CT molecular complexity index is 61.4. The van der Waals surface area contributed by atoms with E-state index < -0.39 is 0 Å². The number of rotatable bonds is 1. The minimum Gasteiger partial charge on any atom is -0.344 e. The second-order valence-corrected chi connectivity index (χ2v) is 3.62. The van der Waals surface area contributed by atoms with Crippen LogP contribution in [0.1, 0.15) is 19.3 Å². The number of hydrogen-bond donors (Lipinski definition) is 1. The van der Waals surface area contributed by atoms with Crippen LogP contribution in [0.2, 0.25) is 0 Å². The molecule has 0 radical (unpaired) electrons. The van der Waals surface area contributed by atoms with Gasteiger partial charge in [-0.2, -0.15) is 0 Å². The Labute approximate surface area is 53.0 Å². The summed E-state index contributed by atoms with van der Waals surface area (Å²) < 4.78 is 2.43. The van der Waals surface area contributed by atoms with E-state index in [9.17, 15) is 0 Å². The molecule has 48 valence electrons. The minimum absolute atomic E-state index is 0.298. The molecule has 0 saturated carbocycles. The van der Waals surface area contributed by atoms with Crippen molar-refractivity contribution in [1.82, 2.24) is 4.57 Å². The third-order valence-corrected chi connectivity index (χ3v) is 2.86. The van der Waals surface area contributed by atoms with Gasteiger partial charge in [0.2, 0.25) is 0 Å². The molecule has 0 atom stereocenters. The van der Waals surface area contributed by atoms with Crippen molar-refractivity contribution in [3.05, 3.63) is 0 Å². The SMILES string of the molecule is N[SiH2]N1CCCCC1. The van der Waals surface area contributed by atoms with Crippen LogP contribution < -0.4 is 5.40 Å². The summed E-state index contributed by atoms with van der Waals surface area (Å²) in [7, 11) is -0.298. The molecule has 1 heterocycles. The standard InChI is InChI=1S/C5H14N2Si/c6-8-7-4-2-1-3-5-7/h1-6,8H2. The molecule has 1 rings (SSSR count). The van der Waals surface area contributed by atoms with Crippen LogP contribution in [0.3, 0.4) is 0 Å². The maximum atomic E-state index is 5.57. The number of hydrogen-bond acceptors (Lipinski definition) is 2. The lowest BCUT2D eigenvalue weighted by Crippen LogP contribution is -2.37. The van der Waals surface area contributed by atoms with Gasteiger partial charge in [-0.1, -0.05) is 6.42 Å². The number of piperidine rings is 1. The van der Waals surface area contributed by atoms with Gasteiger partial charge >= 0.3 is 0 Å². The topological polar surface area (TPSA) is 29.3 Å². The normalized spacial score (nSPS) is 25.1. The van der Waals surface area contributed by atoms with Crippen LogP contribution in [0, 0.1) is 0 Å². The molecule has 3 heteroatoms. The Balaban J connectivity index is 2.13. The first-order valence-corrected chi connectivity index (χ1v) is 4.81. The number of nitrogens with two attached hydrogens (primary N) is 1. The molecule has 1 fully saturated rings.